The molecular formula is C26H20F3N3OS. The zero-order chi connectivity index (χ0) is 24.1. The van der Waals surface area contributed by atoms with Crippen LogP contribution < -0.4 is 5.01 Å². The minimum absolute atomic E-state index is 0.0373. The first-order valence-electron chi connectivity index (χ1n) is 10.4. The highest BCUT2D eigenvalue weighted by molar-refractivity contribution is 7.99. The van der Waals surface area contributed by atoms with Crippen LogP contribution in [0.15, 0.2) is 95.1 Å². The molecule has 0 bridgehead atoms. The van der Waals surface area contributed by atoms with E-state index in [4.69, 9.17) is 0 Å². The molecule has 3 aromatic carbocycles. The van der Waals surface area contributed by atoms with Crippen LogP contribution in [0.5, 0.6) is 0 Å². The molecular weight excluding hydrogens is 459 g/mol. The van der Waals surface area contributed by atoms with Gasteiger partial charge in [-0.15, -0.1) is 0 Å². The van der Waals surface area contributed by atoms with Crippen molar-refractivity contribution in [1.29, 1.82) is 0 Å². The number of hydrazone groups is 1. The van der Waals surface area contributed by atoms with E-state index in [1.165, 1.54) is 30.1 Å². The Morgan fingerprint density at radius 3 is 2.50 bits per heavy atom. The lowest BCUT2D eigenvalue weighted by Gasteiger charge is -2.18. The first-order chi connectivity index (χ1) is 16.3. The molecule has 4 rings (SSSR count). The SMILES string of the molecule is Cc1cc(SCC(=O)N(/N=C\c2ccccc2)c2cccc(C(F)(F)F)c2)nc2ccccc12. The smallest absolute Gasteiger partial charge is 0.272 e. The molecule has 0 saturated heterocycles. The van der Waals surface area contributed by atoms with Gasteiger partial charge in [-0.05, 0) is 48.4 Å². The molecule has 0 saturated carbocycles. The molecule has 4 aromatic rings. The molecule has 0 unspecified atom stereocenters. The Balaban J connectivity index is 1.61. The van der Waals surface area contributed by atoms with Crippen LogP contribution in [0.3, 0.4) is 0 Å². The number of pyridine rings is 1. The fraction of sp³-hybridized carbons (Fsp3) is 0.115. The lowest BCUT2D eigenvalue weighted by atomic mass is 10.1. The predicted octanol–water partition coefficient (Wildman–Crippen LogP) is 6.72. The van der Waals surface area contributed by atoms with Crippen LogP contribution in [0.4, 0.5) is 18.9 Å². The van der Waals surface area contributed by atoms with Gasteiger partial charge in [0.2, 0.25) is 0 Å². The predicted molar refractivity (Wildman–Crippen MR) is 130 cm³/mol. The average Bonchev–Trinajstić information content (AvgIpc) is 2.83. The van der Waals surface area contributed by atoms with Crippen LogP contribution >= 0.6 is 11.8 Å². The van der Waals surface area contributed by atoms with Crippen LogP contribution in [-0.2, 0) is 11.0 Å². The van der Waals surface area contributed by atoms with Gasteiger partial charge in [-0.25, -0.2) is 9.99 Å². The maximum atomic E-state index is 13.3. The summed E-state index contributed by atoms with van der Waals surface area (Å²) in [6.07, 6.45) is -3.09. The second-order valence-electron chi connectivity index (χ2n) is 7.49. The largest absolute Gasteiger partial charge is 0.416 e. The number of para-hydroxylation sites is 1. The highest BCUT2D eigenvalue weighted by atomic mass is 32.2. The van der Waals surface area contributed by atoms with Crippen LogP contribution in [0.1, 0.15) is 16.7 Å². The first-order valence-corrected chi connectivity index (χ1v) is 11.4. The van der Waals surface area contributed by atoms with E-state index in [1.54, 1.807) is 24.3 Å². The number of carbonyl (C=O) groups is 1. The second-order valence-corrected chi connectivity index (χ2v) is 8.49. The minimum Gasteiger partial charge on any atom is -0.272 e. The normalized spacial score (nSPS) is 11.8. The summed E-state index contributed by atoms with van der Waals surface area (Å²) in [6, 6.07) is 23.2. The summed E-state index contributed by atoms with van der Waals surface area (Å²) in [4.78, 5) is 17.7. The van der Waals surface area contributed by atoms with Gasteiger partial charge in [-0.2, -0.15) is 18.3 Å². The Bertz CT molecular complexity index is 1340. The number of hydrogen-bond acceptors (Lipinski definition) is 4. The summed E-state index contributed by atoms with van der Waals surface area (Å²) >= 11 is 1.21. The Kier molecular flexibility index (Phi) is 6.98. The third kappa shape index (κ3) is 5.63. The molecule has 1 heterocycles. The van der Waals surface area contributed by atoms with E-state index >= 15 is 0 Å². The number of alkyl halides is 3. The van der Waals surface area contributed by atoms with Gasteiger partial charge in [0.15, 0.2) is 0 Å². The number of rotatable bonds is 6. The Morgan fingerprint density at radius 2 is 1.74 bits per heavy atom. The van der Waals surface area contributed by atoms with Crippen molar-refractivity contribution in [2.75, 3.05) is 10.8 Å². The lowest BCUT2D eigenvalue weighted by Crippen LogP contribution is -2.27. The Labute approximate surface area is 199 Å². The molecule has 0 aliphatic carbocycles. The van der Waals surface area contributed by atoms with Crippen LogP contribution in [0, 0.1) is 6.92 Å². The van der Waals surface area contributed by atoms with Crippen molar-refractivity contribution < 1.29 is 18.0 Å². The summed E-state index contributed by atoms with van der Waals surface area (Å²) < 4.78 is 39.8. The van der Waals surface area contributed by atoms with E-state index in [0.717, 1.165) is 33.6 Å². The van der Waals surface area contributed by atoms with E-state index in [1.807, 2.05) is 43.3 Å². The highest BCUT2D eigenvalue weighted by Crippen LogP contribution is 2.32. The van der Waals surface area contributed by atoms with E-state index < -0.39 is 17.6 Å². The fourth-order valence-corrected chi connectivity index (χ4v) is 4.16. The standard InChI is InChI=1S/C26H20F3N3OS/c1-18-14-24(31-23-13-6-5-12-22(18)23)34-17-25(33)32(30-16-19-8-3-2-4-9-19)21-11-7-10-20(15-21)26(27,28)29/h2-16H,17H2,1H3/b30-16-. The van der Waals surface area contributed by atoms with Gasteiger partial charge in [-0.1, -0.05) is 66.4 Å². The van der Waals surface area contributed by atoms with Gasteiger partial charge in [0.05, 0.1) is 33.8 Å². The fourth-order valence-electron chi connectivity index (χ4n) is 3.34. The molecule has 0 spiro atoms. The van der Waals surface area contributed by atoms with Gasteiger partial charge in [0.1, 0.15) is 0 Å². The number of thioether (sulfide) groups is 1. The van der Waals surface area contributed by atoms with Crippen molar-refractivity contribution in [3.63, 3.8) is 0 Å². The molecule has 172 valence electrons. The number of nitrogens with zero attached hydrogens (tertiary/aromatic N) is 3. The molecule has 34 heavy (non-hydrogen) atoms. The van der Waals surface area contributed by atoms with E-state index in [0.29, 0.717) is 10.6 Å². The van der Waals surface area contributed by atoms with Crippen molar-refractivity contribution in [1.82, 2.24) is 4.98 Å². The van der Waals surface area contributed by atoms with E-state index in [-0.39, 0.29) is 11.4 Å². The Hall–Kier alpha value is -3.65. The summed E-state index contributed by atoms with van der Waals surface area (Å²) in [6.45, 7) is 1.97. The molecule has 8 heteroatoms. The van der Waals surface area contributed by atoms with Gasteiger partial charge in [-0.3, -0.25) is 4.79 Å². The molecule has 0 aliphatic rings. The van der Waals surface area contributed by atoms with E-state index in [9.17, 15) is 18.0 Å². The molecule has 0 N–H and O–H groups in total. The quantitative estimate of drug-likeness (QED) is 0.175. The number of aromatic nitrogens is 1. The van der Waals surface area contributed by atoms with E-state index in [2.05, 4.69) is 10.1 Å². The number of benzene rings is 3. The second kappa shape index (κ2) is 10.1. The van der Waals surface area contributed by atoms with Gasteiger partial charge in [0.25, 0.3) is 5.91 Å². The molecule has 4 nitrogen and oxygen atoms in total. The molecule has 0 radical (unpaired) electrons. The lowest BCUT2D eigenvalue weighted by molar-refractivity contribution is -0.137. The monoisotopic (exact) mass is 479 g/mol. The number of halogens is 3. The summed E-state index contributed by atoms with van der Waals surface area (Å²) in [5.74, 6) is -0.517. The molecule has 0 fully saturated rings. The van der Waals surface area contributed by atoms with Crippen molar-refractivity contribution in [2.24, 2.45) is 5.10 Å². The molecule has 0 aliphatic heterocycles. The number of aryl methyl sites for hydroxylation is 1. The maximum absolute atomic E-state index is 13.3. The molecule has 1 amide bonds. The first kappa shape index (κ1) is 23.5. The van der Waals surface area contributed by atoms with Gasteiger partial charge in [0, 0.05) is 5.39 Å². The number of fused-ring (bicyclic) bond motifs is 1. The van der Waals surface area contributed by atoms with Crippen molar-refractivity contribution in [3.8, 4) is 0 Å². The number of amides is 1. The zero-order valence-corrected chi connectivity index (χ0v) is 19.0. The minimum atomic E-state index is -4.53. The number of hydrogen-bond donors (Lipinski definition) is 0. The van der Waals surface area contributed by atoms with Crippen LogP contribution in [0.25, 0.3) is 10.9 Å². The number of carbonyl (C=O) groups excluding carboxylic acids is 1. The maximum Gasteiger partial charge on any atom is 0.416 e. The third-order valence-corrected chi connectivity index (χ3v) is 5.92. The zero-order valence-electron chi connectivity index (χ0n) is 18.2. The summed E-state index contributed by atoms with van der Waals surface area (Å²) in [5, 5.41) is 6.91. The highest BCUT2D eigenvalue weighted by Gasteiger charge is 2.31. The number of anilines is 1. The van der Waals surface area contributed by atoms with Crippen molar-refractivity contribution in [3.05, 3.63) is 102 Å². The van der Waals surface area contributed by atoms with Gasteiger partial charge < -0.3 is 0 Å². The van der Waals surface area contributed by atoms with Crippen molar-refractivity contribution >= 4 is 40.5 Å². The average molecular weight is 480 g/mol. The molecule has 1 aromatic heterocycles. The van der Waals surface area contributed by atoms with Crippen LogP contribution in [0.2, 0.25) is 0 Å². The van der Waals surface area contributed by atoms with Crippen LogP contribution in [-0.4, -0.2) is 22.9 Å². The van der Waals surface area contributed by atoms with Crippen molar-refractivity contribution in [2.45, 2.75) is 18.1 Å². The summed E-state index contributed by atoms with van der Waals surface area (Å²) in [7, 11) is 0. The third-order valence-electron chi connectivity index (χ3n) is 5.02. The summed E-state index contributed by atoms with van der Waals surface area (Å²) in [5.41, 5.74) is 1.74. The van der Waals surface area contributed by atoms with Gasteiger partial charge >= 0.3 is 6.18 Å². The molecule has 0 atom stereocenters. The topological polar surface area (TPSA) is 45.6 Å². The Morgan fingerprint density at radius 1 is 1.00 bits per heavy atom.